The van der Waals surface area contributed by atoms with Crippen LogP contribution in [0.1, 0.15) is 30.1 Å². The topological polar surface area (TPSA) is 39.1 Å². The number of carbonyl (C=O) groups excluding carboxylic acids is 1. The van der Waals surface area contributed by atoms with Crippen LogP contribution < -0.4 is 5.56 Å². The third-order valence-electron chi connectivity index (χ3n) is 3.21. The Labute approximate surface area is 116 Å². The summed E-state index contributed by atoms with van der Waals surface area (Å²) >= 11 is 0. The highest BCUT2D eigenvalue weighted by atomic mass is 19.1. The normalized spacial score (nSPS) is 10.5. The van der Waals surface area contributed by atoms with Gasteiger partial charge in [-0.15, -0.1) is 0 Å². The Hall–Kier alpha value is -2.23. The van der Waals surface area contributed by atoms with Gasteiger partial charge >= 0.3 is 0 Å². The quantitative estimate of drug-likeness (QED) is 0.784. The minimum absolute atomic E-state index is 0.145. The number of hydrogen-bond acceptors (Lipinski definition) is 2. The van der Waals surface area contributed by atoms with Crippen LogP contribution in [0.3, 0.4) is 0 Å². The van der Waals surface area contributed by atoms with E-state index in [1.807, 2.05) is 6.92 Å². The average Bonchev–Trinajstić information content (AvgIpc) is 2.47. The first-order chi connectivity index (χ1) is 9.67. The van der Waals surface area contributed by atoms with Crippen LogP contribution in [0.2, 0.25) is 0 Å². The number of hydrogen-bond donors (Lipinski definition) is 0. The molecule has 0 radical (unpaired) electrons. The summed E-state index contributed by atoms with van der Waals surface area (Å²) in [7, 11) is 0. The summed E-state index contributed by atoms with van der Waals surface area (Å²) in [6.45, 7) is 2.58. The van der Waals surface area contributed by atoms with E-state index in [4.69, 9.17) is 0 Å². The maximum absolute atomic E-state index is 13.0. The molecular formula is C16H16FNO2. The zero-order valence-corrected chi connectivity index (χ0v) is 11.3. The second kappa shape index (κ2) is 6.28. The van der Waals surface area contributed by atoms with E-state index in [1.54, 1.807) is 22.8 Å². The summed E-state index contributed by atoms with van der Waals surface area (Å²) in [6, 6.07) is 9.22. The van der Waals surface area contributed by atoms with E-state index >= 15 is 0 Å². The highest BCUT2D eigenvalue weighted by Gasteiger charge is 2.10. The van der Waals surface area contributed by atoms with Gasteiger partial charge in [-0.2, -0.15) is 0 Å². The van der Waals surface area contributed by atoms with Crippen molar-refractivity contribution in [2.24, 2.45) is 0 Å². The molecule has 0 aliphatic heterocycles. The molecule has 2 aromatic rings. The molecule has 1 aromatic carbocycles. The largest absolute Gasteiger partial charge is 0.308 e. The lowest BCUT2D eigenvalue weighted by molar-refractivity contribution is 0.112. The molecule has 0 bridgehead atoms. The molecule has 2 rings (SSSR count). The lowest BCUT2D eigenvalue weighted by Gasteiger charge is -2.13. The number of rotatable bonds is 5. The molecule has 3 nitrogen and oxygen atoms in total. The van der Waals surface area contributed by atoms with Crippen LogP contribution in [0.15, 0.2) is 41.2 Å². The van der Waals surface area contributed by atoms with E-state index in [9.17, 15) is 14.0 Å². The standard InChI is InChI=1S/C16H16FNO2/c1-2-3-10-18-15(9-6-13(11-19)16(18)20)12-4-7-14(17)8-5-12/h4-9,11H,2-3,10H2,1H3. The van der Waals surface area contributed by atoms with E-state index in [1.165, 1.54) is 18.2 Å². The van der Waals surface area contributed by atoms with E-state index in [0.29, 0.717) is 18.5 Å². The third-order valence-corrected chi connectivity index (χ3v) is 3.21. The third kappa shape index (κ3) is 2.85. The molecular weight excluding hydrogens is 257 g/mol. The number of pyridine rings is 1. The van der Waals surface area contributed by atoms with Crippen molar-refractivity contribution < 1.29 is 9.18 Å². The molecule has 0 fully saturated rings. The molecule has 0 aliphatic rings. The molecule has 1 aromatic heterocycles. The predicted octanol–water partition coefficient (Wildman–Crippen LogP) is 3.27. The molecule has 104 valence electrons. The zero-order chi connectivity index (χ0) is 14.5. The van der Waals surface area contributed by atoms with Gasteiger partial charge < -0.3 is 4.57 Å². The van der Waals surface area contributed by atoms with Gasteiger partial charge in [-0.3, -0.25) is 9.59 Å². The van der Waals surface area contributed by atoms with Crippen LogP contribution in [-0.4, -0.2) is 10.9 Å². The monoisotopic (exact) mass is 273 g/mol. The minimum atomic E-state index is -0.319. The summed E-state index contributed by atoms with van der Waals surface area (Å²) in [4.78, 5) is 23.1. The van der Waals surface area contributed by atoms with Gasteiger partial charge in [0.2, 0.25) is 0 Å². The maximum Gasteiger partial charge on any atom is 0.261 e. The van der Waals surface area contributed by atoms with Crippen LogP contribution in [0.5, 0.6) is 0 Å². The smallest absolute Gasteiger partial charge is 0.261 e. The van der Waals surface area contributed by atoms with Crippen molar-refractivity contribution in [2.75, 3.05) is 0 Å². The lowest BCUT2D eigenvalue weighted by atomic mass is 10.1. The van der Waals surface area contributed by atoms with Crippen LogP contribution in [0.25, 0.3) is 11.3 Å². The summed E-state index contributed by atoms with van der Waals surface area (Å²) in [5, 5.41) is 0. The van der Waals surface area contributed by atoms with Crippen LogP contribution in [0, 0.1) is 5.82 Å². The van der Waals surface area contributed by atoms with E-state index in [-0.39, 0.29) is 16.9 Å². The summed E-state index contributed by atoms with van der Waals surface area (Å²) in [5.41, 5.74) is 1.31. The van der Waals surface area contributed by atoms with Crippen molar-refractivity contribution in [3.63, 3.8) is 0 Å². The molecule has 20 heavy (non-hydrogen) atoms. The van der Waals surface area contributed by atoms with Gasteiger partial charge in [-0.05, 0) is 48.4 Å². The molecule has 0 aliphatic carbocycles. The Morgan fingerprint density at radius 1 is 1.15 bits per heavy atom. The Balaban J connectivity index is 2.56. The number of aromatic nitrogens is 1. The highest BCUT2D eigenvalue weighted by molar-refractivity contribution is 5.75. The van der Waals surface area contributed by atoms with Crippen molar-refractivity contribution in [2.45, 2.75) is 26.3 Å². The fourth-order valence-electron chi connectivity index (χ4n) is 2.10. The van der Waals surface area contributed by atoms with Crippen LogP contribution in [-0.2, 0) is 6.54 Å². The summed E-state index contributed by atoms with van der Waals surface area (Å²) in [6.07, 6.45) is 2.36. The zero-order valence-electron chi connectivity index (χ0n) is 11.3. The highest BCUT2D eigenvalue weighted by Crippen LogP contribution is 2.19. The van der Waals surface area contributed by atoms with Gasteiger partial charge in [0.25, 0.3) is 5.56 Å². The maximum atomic E-state index is 13.0. The van der Waals surface area contributed by atoms with Gasteiger partial charge in [0, 0.05) is 6.54 Å². The Morgan fingerprint density at radius 2 is 1.85 bits per heavy atom. The number of halogens is 1. The molecule has 1 heterocycles. The van der Waals surface area contributed by atoms with Gasteiger partial charge in [0.15, 0.2) is 6.29 Å². The second-order valence-corrected chi connectivity index (χ2v) is 4.61. The Kier molecular flexibility index (Phi) is 4.45. The number of aldehydes is 1. The number of unbranched alkanes of at least 4 members (excludes halogenated alkanes) is 1. The Bertz CT molecular complexity index is 659. The van der Waals surface area contributed by atoms with Gasteiger partial charge in [-0.1, -0.05) is 13.3 Å². The molecule has 0 atom stereocenters. The van der Waals surface area contributed by atoms with Crippen molar-refractivity contribution in [3.8, 4) is 11.3 Å². The number of nitrogens with zero attached hydrogens (tertiary/aromatic N) is 1. The first-order valence-corrected chi connectivity index (χ1v) is 6.62. The molecule has 0 amide bonds. The fourth-order valence-corrected chi connectivity index (χ4v) is 2.10. The average molecular weight is 273 g/mol. The van der Waals surface area contributed by atoms with Crippen molar-refractivity contribution in [3.05, 3.63) is 58.1 Å². The summed E-state index contributed by atoms with van der Waals surface area (Å²) < 4.78 is 14.6. The van der Waals surface area contributed by atoms with E-state index in [0.717, 1.165) is 18.4 Å². The molecule has 0 saturated carbocycles. The fraction of sp³-hybridized carbons (Fsp3) is 0.250. The van der Waals surface area contributed by atoms with Crippen molar-refractivity contribution >= 4 is 6.29 Å². The van der Waals surface area contributed by atoms with Gasteiger partial charge in [0.1, 0.15) is 5.82 Å². The van der Waals surface area contributed by atoms with E-state index in [2.05, 4.69) is 0 Å². The van der Waals surface area contributed by atoms with E-state index < -0.39 is 0 Å². The summed E-state index contributed by atoms with van der Waals surface area (Å²) in [5.74, 6) is -0.319. The van der Waals surface area contributed by atoms with Crippen molar-refractivity contribution in [1.29, 1.82) is 0 Å². The molecule has 4 heteroatoms. The number of benzene rings is 1. The number of carbonyl (C=O) groups is 1. The first-order valence-electron chi connectivity index (χ1n) is 6.62. The minimum Gasteiger partial charge on any atom is -0.308 e. The lowest BCUT2D eigenvalue weighted by Crippen LogP contribution is -2.25. The predicted molar refractivity (Wildman–Crippen MR) is 76.4 cm³/mol. The van der Waals surface area contributed by atoms with Crippen molar-refractivity contribution in [1.82, 2.24) is 4.57 Å². The van der Waals surface area contributed by atoms with Gasteiger partial charge in [0.05, 0.1) is 11.3 Å². The molecule has 0 saturated heterocycles. The van der Waals surface area contributed by atoms with Gasteiger partial charge in [-0.25, -0.2) is 4.39 Å². The molecule has 0 unspecified atom stereocenters. The SMILES string of the molecule is CCCCn1c(-c2ccc(F)cc2)ccc(C=O)c1=O. The first kappa shape index (κ1) is 14.2. The second-order valence-electron chi connectivity index (χ2n) is 4.61. The molecule has 0 spiro atoms. The molecule has 0 N–H and O–H groups in total. The van der Waals surface area contributed by atoms with Crippen LogP contribution in [0.4, 0.5) is 4.39 Å². The van der Waals surface area contributed by atoms with Crippen LogP contribution >= 0.6 is 0 Å². The Morgan fingerprint density at radius 3 is 2.45 bits per heavy atom.